The predicted molar refractivity (Wildman–Crippen MR) is 130 cm³/mol. The quantitative estimate of drug-likeness (QED) is 0.612. The summed E-state index contributed by atoms with van der Waals surface area (Å²) in [7, 11) is 0. The Hall–Kier alpha value is -3.66. The van der Waals surface area contributed by atoms with Gasteiger partial charge in [0.15, 0.2) is 0 Å². The molecule has 0 saturated carbocycles. The van der Waals surface area contributed by atoms with Crippen molar-refractivity contribution in [3.05, 3.63) is 95.1 Å². The average molecular weight is 467 g/mol. The first-order chi connectivity index (χ1) is 17.1. The first-order valence-electron chi connectivity index (χ1n) is 12.0. The minimum absolute atomic E-state index is 0.00196. The Labute approximate surface area is 204 Å². The fourth-order valence-electron chi connectivity index (χ4n) is 6.06. The van der Waals surface area contributed by atoms with E-state index in [0.717, 1.165) is 0 Å². The molecule has 1 N–H and O–H groups in total. The van der Waals surface area contributed by atoms with Crippen molar-refractivity contribution in [2.75, 3.05) is 19.8 Å². The Balaban J connectivity index is 1.21. The van der Waals surface area contributed by atoms with E-state index in [-0.39, 0.29) is 30.7 Å². The molecule has 1 amide bonds. The lowest BCUT2D eigenvalue weighted by Crippen LogP contribution is -2.62. The summed E-state index contributed by atoms with van der Waals surface area (Å²) < 4.78 is 11.7. The number of ether oxygens (including phenoxy) is 2. The van der Waals surface area contributed by atoms with Gasteiger partial charge in [-0.25, -0.2) is 4.79 Å². The summed E-state index contributed by atoms with van der Waals surface area (Å²) in [5.74, 6) is -0.00196. The number of rotatable bonds is 3. The lowest BCUT2D eigenvalue weighted by atomic mass is 9.76. The number of benzene rings is 3. The van der Waals surface area contributed by atoms with Crippen molar-refractivity contribution >= 4 is 6.09 Å². The van der Waals surface area contributed by atoms with Gasteiger partial charge in [-0.3, -0.25) is 4.90 Å². The van der Waals surface area contributed by atoms with Crippen LogP contribution in [0, 0.1) is 11.3 Å². The third-order valence-electron chi connectivity index (χ3n) is 7.63. The van der Waals surface area contributed by atoms with Crippen LogP contribution in [0.4, 0.5) is 4.79 Å². The molecular formula is C29H26N2O4. The summed E-state index contributed by atoms with van der Waals surface area (Å²) in [6.07, 6.45) is 0.309. The van der Waals surface area contributed by atoms with Crippen LogP contribution in [0.15, 0.2) is 72.8 Å². The highest BCUT2D eigenvalue weighted by Gasteiger charge is 2.49. The zero-order chi connectivity index (χ0) is 24.0. The molecule has 2 unspecified atom stereocenters. The largest absolute Gasteiger partial charge is 0.448 e. The fourth-order valence-corrected chi connectivity index (χ4v) is 6.06. The summed E-state index contributed by atoms with van der Waals surface area (Å²) in [4.78, 5) is 15.1. The van der Waals surface area contributed by atoms with Crippen LogP contribution in [-0.4, -0.2) is 48.0 Å². The second-order valence-electron chi connectivity index (χ2n) is 9.69. The maximum absolute atomic E-state index is 13.4. The summed E-state index contributed by atoms with van der Waals surface area (Å²) >= 11 is 0. The van der Waals surface area contributed by atoms with E-state index in [1.165, 1.54) is 22.3 Å². The van der Waals surface area contributed by atoms with Crippen molar-refractivity contribution < 1.29 is 19.4 Å². The van der Waals surface area contributed by atoms with Crippen molar-refractivity contribution in [2.24, 2.45) is 0 Å². The fraction of sp³-hybridized carbons (Fsp3) is 0.310. The average Bonchev–Trinajstić information content (AvgIpc) is 3.20. The lowest BCUT2D eigenvalue weighted by molar-refractivity contribution is -0.136. The van der Waals surface area contributed by atoms with E-state index in [9.17, 15) is 15.2 Å². The Bertz CT molecular complexity index is 1270. The molecule has 2 atom stereocenters. The molecule has 2 bridgehead atoms. The van der Waals surface area contributed by atoms with Crippen molar-refractivity contribution in [1.29, 1.82) is 5.26 Å². The minimum Gasteiger partial charge on any atom is -0.448 e. The van der Waals surface area contributed by atoms with Crippen LogP contribution in [0.1, 0.15) is 41.0 Å². The molecule has 2 aliphatic heterocycles. The van der Waals surface area contributed by atoms with Gasteiger partial charge in [0.05, 0.1) is 42.5 Å². The van der Waals surface area contributed by atoms with E-state index in [1.54, 1.807) is 23.1 Å². The topological polar surface area (TPSA) is 82.8 Å². The molecule has 2 saturated heterocycles. The first kappa shape index (κ1) is 21.8. The van der Waals surface area contributed by atoms with Crippen molar-refractivity contribution in [1.82, 2.24) is 4.90 Å². The van der Waals surface area contributed by atoms with Crippen LogP contribution >= 0.6 is 0 Å². The van der Waals surface area contributed by atoms with Crippen LogP contribution in [-0.2, 0) is 15.1 Å². The van der Waals surface area contributed by atoms with E-state index < -0.39 is 5.60 Å². The van der Waals surface area contributed by atoms with E-state index in [0.29, 0.717) is 37.2 Å². The molecule has 2 heterocycles. The number of carbonyl (C=O) groups excluding carboxylic acids is 1. The highest BCUT2D eigenvalue weighted by Crippen LogP contribution is 2.45. The third kappa shape index (κ3) is 3.68. The SMILES string of the molecule is N#Cc1cccc(C2(O)CC3COCC(C2)N3C(=O)OCC2c3ccccc3-c3ccccc32)c1. The molecule has 6 heteroatoms. The van der Waals surface area contributed by atoms with Gasteiger partial charge >= 0.3 is 6.09 Å². The van der Waals surface area contributed by atoms with Crippen molar-refractivity contribution in [3.8, 4) is 17.2 Å². The van der Waals surface area contributed by atoms with E-state index >= 15 is 0 Å². The number of piperidine rings is 1. The number of nitriles is 1. The van der Waals surface area contributed by atoms with Crippen LogP contribution in [0.2, 0.25) is 0 Å². The van der Waals surface area contributed by atoms with Gasteiger partial charge < -0.3 is 14.6 Å². The summed E-state index contributed by atoms with van der Waals surface area (Å²) in [6, 6.07) is 25.2. The third-order valence-corrected chi connectivity index (χ3v) is 7.63. The zero-order valence-corrected chi connectivity index (χ0v) is 19.3. The second-order valence-corrected chi connectivity index (χ2v) is 9.69. The first-order valence-corrected chi connectivity index (χ1v) is 12.0. The maximum atomic E-state index is 13.4. The number of fused-ring (bicyclic) bond motifs is 5. The normalized spacial score (nSPS) is 24.9. The zero-order valence-electron chi connectivity index (χ0n) is 19.3. The Morgan fingerprint density at radius 2 is 1.63 bits per heavy atom. The molecular weight excluding hydrogens is 440 g/mol. The molecule has 0 radical (unpaired) electrons. The van der Waals surface area contributed by atoms with E-state index in [1.807, 2.05) is 30.3 Å². The summed E-state index contributed by atoms with van der Waals surface area (Å²) in [6.45, 7) is 0.958. The van der Waals surface area contributed by atoms with Crippen LogP contribution < -0.4 is 0 Å². The molecule has 35 heavy (non-hydrogen) atoms. The van der Waals surface area contributed by atoms with Gasteiger partial charge in [-0.1, -0.05) is 60.7 Å². The molecule has 6 nitrogen and oxygen atoms in total. The highest BCUT2D eigenvalue weighted by molar-refractivity contribution is 5.79. The van der Waals surface area contributed by atoms with Gasteiger partial charge in [-0.15, -0.1) is 0 Å². The van der Waals surface area contributed by atoms with Gasteiger partial charge in [0.1, 0.15) is 6.61 Å². The van der Waals surface area contributed by atoms with Crippen molar-refractivity contribution in [3.63, 3.8) is 0 Å². The molecule has 3 aromatic carbocycles. The summed E-state index contributed by atoms with van der Waals surface area (Å²) in [5, 5.41) is 20.8. The van der Waals surface area contributed by atoms with Crippen molar-refractivity contribution in [2.45, 2.75) is 36.4 Å². The second kappa shape index (κ2) is 8.53. The van der Waals surface area contributed by atoms with Gasteiger partial charge in [0.25, 0.3) is 0 Å². The maximum Gasteiger partial charge on any atom is 0.410 e. The van der Waals surface area contributed by atoms with Gasteiger partial charge in [-0.05, 0) is 39.9 Å². The number of aliphatic hydroxyl groups is 1. The molecule has 6 rings (SSSR count). The molecule has 3 aliphatic rings. The Morgan fingerprint density at radius 3 is 2.26 bits per heavy atom. The minimum atomic E-state index is -1.12. The Kier molecular flexibility index (Phi) is 5.32. The number of nitrogens with zero attached hydrogens (tertiary/aromatic N) is 2. The molecule has 0 spiro atoms. The summed E-state index contributed by atoms with van der Waals surface area (Å²) in [5.41, 5.74) is 4.84. The smallest absolute Gasteiger partial charge is 0.410 e. The van der Waals surface area contributed by atoms with Crippen LogP contribution in [0.3, 0.4) is 0 Å². The molecule has 0 aromatic heterocycles. The van der Waals surface area contributed by atoms with Gasteiger partial charge in [-0.2, -0.15) is 5.26 Å². The number of morpholine rings is 1. The number of hydrogen-bond donors (Lipinski definition) is 1. The van der Waals surface area contributed by atoms with E-state index in [2.05, 4.69) is 30.3 Å². The number of hydrogen-bond acceptors (Lipinski definition) is 5. The molecule has 2 fully saturated rings. The van der Waals surface area contributed by atoms with Gasteiger partial charge in [0.2, 0.25) is 0 Å². The van der Waals surface area contributed by atoms with Crippen LogP contribution in [0.5, 0.6) is 0 Å². The highest BCUT2D eigenvalue weighted by atomic mass is 16.6. The molecule has 3 aromatic rings. The van der Waals surface area contributed by atoms with Gasteiger partial charge in [0, 0.05) is 18.8 Å². The molecule has 176 valence electrons. The lowest BCUT2D eigenvalue weighted by Gasteiger charge is -2.51. The Morgan fingerprint density at radius 1 is 1.00 bits per heavy atom. The molecule has 1 aliphatic carbocycles. The standard InChI is InChI=1S/C29H26N2O4/c30-15-19-6-5-7-20(12-19)29(33)13-21-16-34-17-22(14-29)31(21)28(32)35-18-27-25-10-3-1-8-23(25)24-9-2-4-11-26(24)27/h1-12,21-22,27,33H,13-14,16-18H2. The van der Waals surface area contributed by atoms with Crippen LogP contribution in [0.25, 0.3) is 11.1 Å². The predicted octanol–water partition coefficient (Wildman–Crippen LogP) is 4.56. The van der Waals surface area contributed by atoms with E-state index in [4.69, 9.17) is 9.47 Å². The monoisotopic (exact) mass is 466 g/mol. The number of carbonyl (C=O) groups is 1. The number of amides is 1.